The number of carbonyl (C=O) groups excluding carboxylic acids is 1. The molecule has 6 nitrogen and oxygen atoms in total. The highest BCUT2D eigenvalue weighted by atomic mass is 127. The molecule has 1 aromatic rings. The predicted molar refractivity (Wildman–Crippen MR) is 121 cm³/mol. The Hall–Kier alpha value is -1.51. The summed E-state index contributed by atoms with van der Waals surface area (Å²) in [6.07, 6.45) is 4.77. The lowest BCUT2D eigenvalue weighted by Gasteiger charge is -2.21. The number of benzene rings is 1. The second kappa shape index (κ2) is 12.0. The third-order valence-electron chi connectivity index (χ3n) is 4.55. The van der Waals surface area contributed by atoms with E-state index in [1.54, 1.807) is 19.0 Å². The Balaban J connectivity index is 0.00000364. The quantitative estimate of drug-likeness (QED) is 0.352. The molecule has 0 saturated heterocycles. The Morgan fingerprint density at radius 3 is 2.59 bits per heavy atom. The van der Waals surface area contributed by atoms with Gasteiger partial charge in [0, 0.05) is 20.1 Å². The van der Waals surface area contributed by atoms with Gasteiger partial charge in [0.15, 0.2) is 5.96 Å². The number of amides is 1. The molecule has 1 unspecified atom stereocenters. The molecule has 0 bridgehead atoms. The first kappa shape index (κ1) is 23.5. The Morgan fingerprint density at radius 1 is 1.30 bits per heavy atom. The summed E-state index contributed by atoms with van der Waals surface area (Å²) in [7, 11) is 3.49. The molecule has 2 N–H and O–H groups in total. The van der Waals surface area contributed by atoms with Gasteiger partial charge in [-0.3, -0.25) is 4.79 Å². The third-order valence-corrected chi connectivity index (χ3v) is 4.55. The monoisotopic (exact) mass is 488 g/mol. The van der Waals surface area contributed by atoms with Crippen LogP contribution in [0.4, 0.5) is 0 Å². The minimum absolute atomic E-state index is 0. The SMILES string of the molecule is Cc1ccccc1OC(C)CNC(=NCC(=O)N(C)C)NC1CCCC1.I. The third kappa shape index (κ3) is 8.36. The number of nitrogens with zero attached hydrogens (tertiary/aromatic N) is 2. The van der Waals surface area contributed by atoms with E-state index in [-0.39, 0.29) is 42.5 Å². The largest absolute Gasteiger partial charge is 0.489 e. The van der Waals surface area contributed by atoms with Crippen LogP contribution >= 0.6 is 24.0 Å². The van der Waals surface area contributed by atoms with Gasteiger partial charge in [0.2, 0.25) is 5.91 Å². The van der Waals surface area contributed by atoms with Crippen LogP contribution in [0.3, 0.4) is 0 Å². The van der Waals surface area contributed by atoms with E-state index >= 15 is 0 Å². The zero-order chi connectivity index (χ0) is 18.9. The van der Waals surface area contributed by atoms with Gasteiger partial charge in [-0.05, 0) is 38.3 Å². The molecule has 2 rings (SSSR count). The van der Waals surface area contributed by atoms with Gasteiger partial charge in [-0.1, -0.05) is 31.0 Å². The number of guanidine groups is 1. The molecular weight excluding hydrogens is 455 g/mol. The maximum Gasteiger partial charge on any atom is 0.243 e. The molecule has 0 aromatic heterocycles. The molecule has 152 valence electrons. The molecule has 0 radical (unpaired) electrons. The second-order valence-corrected chi connectivity index (χ2v) is 7.15. The van der Waals surface area contributed by atoms with Crippen LogP contribution in [0.2, 0.25) is 0 Å². The van der Waals surface area contributed by atoms with Gasteiger partial charge >= 0.3 is 0 Å². The van der Waals surface area contributed by atoms with Gasteiger partial charge in [-0.25, -0.2) is 4.99 Å². The highest BCUT2D eigenvalue weighted by Crippen LogP contribution is 2.18. The predicted octanol–water partition coefficient (Wildman–Crippen LogP) is 2.95. The van der Waals surface area contributed by atoms with E-state index in [1.807, 2.05) is 38.1 Å². The summed E-state index contributed by atoms with van der Waals surface area (Å²) in [4.78, 5) is 17.8. The molecule has 1 amide bonds. The highest BCUT2D eigenvalue weighted by Gasteiger charge is 2.17. The van der Waals surface area contributed by atoms with Crippen LogP contribution in [0.15, 0.2) is 29.3 Å². The van der Waals surface area contributed by atoms with Crippen LogP contribution in [-0.2, 0) is 4.79 Å². The molecule has 1 aliphatic carbocycles. The molecule has 1 aliphatic rings. The topological polar surface area (TPSA) is 66.0 Å². The molecule has 1 fully saturated rings. The number of aryl methyl sites for hydroxylation is 1. The van der Waals surface area contributed by atoms with E-state index in [0.717, 1.165) is 24.2 Å². The molecular formula is C20H33IN4O2. The summed E-state index contributed by atoms with van der Waals surface area (Å²) in [6, 6.07) is 8.43. The zero-order valence-corrected chi connectivity index (χ0v) is 19.2. The normalized spacial score (nSPS) is 15.6. The minimum Gasteiger partial charge on any atom is -0.489 e. The van der Waals surface area contributed by atoms with Crippen molar-refractivity contribution in [2.45, 2.75) is 51.7 Å². The van der Waals surface area contributed by atoms with E-state index in [4.69, 9.17) is 4.74 Å². The fraction of sp³-hybridized carbons (Fsp3) is 0.600. The molecule has 0 aliphatic heterocycles. The first-order chi connectivity index (χ1) is 12.5. The number of likely N-dealkylation sites (N-methyl/N-ethyl adjacent to an activating group) is 1. The summed E-state index contributed by atoms with van der Waals surface area (Å²) < 4.78 is 6.01. The number of rotatable bonds is 7. The van der Waals surface area contributed by atoms with E-state index < -0.39 is 0 Å². The fourth-order valence-corrected chi connectivity index (χ4v) is 2.89. The zero-order valence-electron chi connectivity index (χ0n) is 16.8. The molecule has 7 heteroatoms. The number of carbonyl (C=O) groups is 1. The van der Waals surface area contributed by atoms with Crippen molar-refractivity contribution in [1.29, 1.82) is 0 Å². The van der Waals surface area contributed by atoms with Crippen LogP contribution < -0.4 is 15.4 Å². The maximum absolute atomic E-state index is 11.8. The van der Waals surface area contributed by atoms with Crippen molar-refractivity contribution < 1.29 is 9.53 Å². The summed E-state index contributed by atoms with van der Waals surface area (Å²) >= 11 is 0. The van der Waals surface area contributed by atoms with Crippen LogP contribution in [0.1, 0.15) is 38.2 Å². The summed E-state index contributed by atoms with van der Waals surface area (Å²) in [5.41, 5.74) is 1.12. The maximum atomic E-state index is 11.8. The van der Waals surface area contributed by atoms with Crippen LogP contribution in [0.5, 0.6) is 5.75 Å². The average molecular weight is 488 g/mol. The van der Waals surface area contributed by atoms with Gasteiger partial charge in [-0.15, -0.1) is 24.0 Å². The highest BCUT2D eigenvalue weighted by molar-refractivity contribution is 14.0. The van der Waals surface area contributed by atoms with Crippen molar-refractivity contribution in [3.05, 3.63) is 29.8 Å². The second-order valence-electron chi connectivity index (χ2n) is 7.15. The van der Waals surface area contributed by atoms with Crippen molar-refractivity contribution in [2.24, 2.45) is 4.99 Å². The lowest BCUT2D eigenvalue weighted by molar-refractivity contribution is -0.127. The van der Waals surface area contributed by atoms with Gasteiger partial charge in [0.05, 0.1) is 6.54 Å². The van der Waals surface area contributed by atoms with Gasteiger partial charge in [0.25, 0.3) is 0 Å². The van der Waals surface area contributed by atoms with Crippen LogP contribution in [0.25, 0.3) is 0 Å². The van der Waals surface area contributed by atoms with E-state index in [9.17, 15) is 4.79 Å². The number of ether oxygens (including phenoxy) is 1. The number of hydrogen-bond donors (Lipinski definition) is 2. The number of para-hydroxylation sites is 1. The lowest BCUT2D eigenvalue weighted by Crippen LogP contribution is -2.46. The van der Waals surface area contributed by atoms with Crippen molar-refractivity contribution in [2.75, 3.05) is 27.2 Å². The van der Waals surface area contributed by atoms with E-state index in [2.05, 4.69) is 15.6 Å². The standard InChI is InChI=1S/C20H32N4O2.HI/c1-15-9-5-8-12-18(15)26-16(2)13-21-20(22-14-19(25)24(3)4)23-17-10-6-7-11-17;/h5,8-9,12,16-17H,6-7,10-11,13-14H2,1-4H3,(H2,21,22,23);1H. The average Bonchev–Trinajstić information content (AvgIpc) is 3.12. The Kier molecular flexibility index (Phi) is 10.5. The Bertz CT molecular complexity index is 616. The summed E-state index contributed by atoms with van der Waals surface area (Å²) in [5.74, 6) is 1.57. The Morgan fingerprint density at radius 2 is 1.96 bits per heavy atom. The molecule has 27 heavy (non-hydrogen) atoms. The number of halogens is 1. The van der Waals surface area contributed by atoms with E-state index in [1.165, 1.54) is 12.8 Å². The molecule has 0 spiro atoms. The van der Waals surface area contributed by atoms with Crippen molar-refractivity contribution >= 4 is 35.8 Å². The van der Waals surface area contributed by atoms with Crippen molar-refractivity contribution in [1.82, 2.24) is 15.5 Å². The van der Waals surface area contributed by atoms with Gasteiger partial charge in [-0.2, -0.15) is 0 Å². The first-order valence-electron chi connectivity index (χ1n) is 9.43. The van der Waals surface area contributed by atoms with Crippen LogP contribution in [-0.4, -0.2) is 56.1 Å². The Labute approximate surface area is 180 Å². The summed E-state index contributed by atoms with van der Waals surface area (Å²) in [5, 5.41) is 6.78. The van der Waals surface area contributed by atoms with Crippen molar-refractivity contribution in [3.8, 4) is 5.75 Å². The van der Waals surface area contributed by atoms with Crippen molar-refractivity contribution in [3.63, 3.8) is 0 Å². The van der Waals surface area contributed by atoms with E-state index in [0.29, 0.717) is 18.5 Å². The lowest BCUT2D eigenvalue weighted by atomic mass is 10.2. The molecule has 0 heterocycles. The van der Waals surface area contributed by atoms with Gasteiger partial charge in [0.1, 0.15) is 18.4 Å². The summed E-state index contributed by atoms with van der Waals surface area (Å²) in [6.45, 7) is 4.82. The first-order valence-corrected chi connectivity index (χ1v) is 9.43. The molecule has 1 saturated carbocycles. The van der Waals surface area contributed by atoms with Gasteiger partial charge < -0.3 is 20.3 Å². The number of nitrogens with one attached hydrogen (secondary N) is 2. The van der Waals surface area contributed by atoms with Crippen LogP contribution in [0, 0.1) is 6.92 Å². The minimum atomic E-state index is -0.0174. The smallest absolute Gasteiger partial charge is 0.243 e. The number of hydrogen-bond acceptors (Lipinski definition) is 3. The molecule has 1 atom stereocenters. The number of aliphatic imine (C=N–C) groups is 1. The fourth-order valence-electron chi connectivity index (χ4n) is 2.89. The molecule has 1 aromatic carbocycles.